The number of nitrogens with two attached hydrogens (primary N) is 1. The summed E-state index contributed by atoms with van der Waals surface area (Å²) in [6, 6.07) is 12.0. The van der Waals surface area contributed by atoms with Gasteiger partial charge >= 0.3 is 0 Å². The zero-order chi connectivity index (χ0) is 18.8. The molecule has 1 atom stereocenters. The molecule has 0 spiro atoms. The van der Waals surface area contributed by atoms with Gasteiger partial charge in [-0.2, -0.15) is 0 Å². The van der Waals surface area contributed by atoms with Gasteiger partial charge in [0.2, 0.25) is 5.91 Å². The number of hydrogen-bond acceptors (Lipinski definition) is 2. The fourth-order valence-corrected chi connectivity index (χ4v) is 2.93. The lowest BCUT2D eigenvalue weighted by atomic mass is 9.98. The fraction of sp³-hybridized carbons (Fsp3) is 0.381. The predicted molar refractivity (Wildman–Crippen MR) is 107 cm³/mol. The van der Waals surface area contributed by atoms with Crippen LogP contribution in [0.1, 0.15) is 49.3 Å². The van der Waals surface area contributed by atoms with E-state index in [-0.39, 0.29) is 29.9 Å². The molecule has 3 nitrogen and oxygen atoms in total. The van der Waals surface area contributed by atoms with Crippen LogP contribution in [0.5, 0.6) is 0 Å². The van der Waals surface area contributed by atoms with Gasteiger partial charge in [-0.15, -0.1) is 12.4 Å². The summed E-state index contributed by atoms with van der Waals surface area (Å²) in [5, 5.41) is 2.97. The lowest BCUT2D eigenvalue weighted by Gasteiger charge is -2.20. The second-order valence-electron chi connectivity index (χ2n) is 6.46. The second-order valence-corrected chi connectivity index (χ2v) is 6.46. The highest BCUT2D eigenvalue weighted by Crippen LogP contribution is 2.20. The number of hydrogen-bond donors (Lipinski definition) is 2. The van der Waals surface area contributed by atoms with Crippen molar-refractivity contribution in [3.05, 3.63) is 71.3 Å². The Kier molecular flexibility index (Phi) is 10.6. The number of rotatable bonds is 10. The normalized spacial score (nSPS) is 11.5. The van der Waals surface area contributed by atoms with E-state index < -0.39 is 6.04 Å². The van der Waals surface area contributed by atoms with Crippen LogP contribution in [0.25, 0.3) is 0 Å². The molecule has 1 unspecified atom stereocenters. The molecule has 0 bridgehead atoms. The fourth-order valence-electron chi connectivity index (χ4n) is 2.93. The first-order valence-electron chi connectivity index (χ1n) is 9.08. The summed E-state index contributed by atoms with van der Waals surface area (Å²) in [4.78, 5) is 12.3. The van der Waals surface area contributed by atoms with Crippen LogP contribution in [-0.2, 0) is 11.2 Å². The smallest absolute Gasteiger partial charge is 0.220 e. The zero-order valence-corrected chi connectivity index (χ0v) is 16.1. The molecule has 0 saturated carbocycles. The Morgan fingerprint density at radius 2 is 1.63 bits per heavy atom. The van der Waals surface area contributed by atoms with Crippen molar-refractivity contribution in [2.24, 2.45) is 5.73 Å². The van der Waals surface area contributed by atoms with Crippen LogP contribution in [0.2, 0.25) is 0 Å². The maximum absolute atomic E-state index is 13.6. The Morgan fingerprint density at radius 1 is 0.963 bits per heavy atom. The van der Waals surface area contributed by atoms with Crippen LogP contribution in [0.4, 0.5) is 8.78 Å². The maximum atomic E-state index is 13.6. The maximum Gasteiger partial charge on any atom is 0.220 e. The molecule has 1 amide bonds. The Labute approximate surface area is 165 Å². The molecule has 0 radical (unpaired) electrons. The van der Waals surface area contributed by atoms with E-state index in [1.165, 1.54) is 24.3 Å². The minimum atomic E-state index is -0.399. The monoisotopic (exact) mass is 396 g/mol. The second kappa shape index (κ2) is 12.4. The summed E-state index contributed by atoms with van der Waals surface area (Å²) in [5.74, 6) is -0.766. The molecular weight excluding hydrogens is 370 g/mol. The van der Waals surface area contributed by atoms with Gasteiger partial charge in [0.05, 0.1) is 6.04 Å². The lowest BCUT2D eigenvalue weighted by molar-refractivity contribution is -0.122. The van der Waals surface area contributed by atoms with Crippen molar-refractivity contribution in [1.29, 1.82) is 0 Å². The van der Waals surface area contributed by atoms with E-state index in [4.69, 9.17) is 5.73 Å². The molecule has 0 fully saturated rings. The van der Waals surface area contributed by atoms with Crippen LogP contribution < -0.4 is 11.1 Å². The number of unbranched alkanes of at least 4 members (excludes halogenated alkanes) is 3. The molecule has 27 heavy (non-hydrogen) atoms. The minimum Gasteiger partial charge on any atom is -0.349 e. The van der Waals surface area contributed by atoms with Crippen LogP contribution in [0, 0.1) is 11.6 Å². The first kappa shape index (κ1) is 23.1. The molecule has 148 valence electrons. The first-order valence-corrected chi connectivity index (χ1v) is 9.08. The van der Waals surface area contributed by atoms with Gasteiger partial charge in [-0.3, -0.25) is 4.79 Å². The molecule has 0 aliphatic heterocycles. The van der Waals surface area contributed by atoms with E-state index in [2.05, 4.69) is 5.32 Å². The van der Waals surface area contributed by atoms with E-state index in [1.54, 1.807) is 24.3 Å². The molecule has 0 aliphatic carbocycles. The van der Waals surface area contributed by atoms with Crippen LogP contribution in [0.15, 0.2) is 48.5 Å². The van der Waals surface area contributed by atoms with Crippen molar-refractivity contribution in [3.8, 4) is 0 Å². The van der Waals surface area contributed by atoms with Crippen molar-refractivity contribution < 1.29 is 13.6 Å². The van der Waals surface area contributed by atoms with Gasteiger partial charge in [0, 0.05) is 6.42 Å². The molecule has 2 aromatic rings. The number of amides is 1. The largest absolute Gasteiger partial charge is 0.349 e. The van der Waals surface area contributed by atoms with Crippen LogP contribution >= 0.6 is 12.4 Å². The van der Waals surface area contributed by atoms with Crippen molar-refractivity contribution >= 4 is 18.3 Å². The summed E-state index contributed by atoms with van der Waals surface area (Å²) >= 11 is 0. The topological polar surface area (TPSA) is 55.1 Å². The average Bonchev–Trinajstić information content (AvgIpc) is 2.61. The molecule has 0 saturated heterocycles. The van der Waals surface area contributed by atoms with Crippen molar-refractivity contribution in [2.45, 2.75) is 44.6 Å². The first-order chi connectivity index (χ1) is 12.6. The molecule has 2 rings (SSSR count). The van der Waals surface area contributed by atoms with E-state index >= 15 is 0 Å². The van der Waals surface area contributed by atoms with E-state index in [0.717, 1.165) is 31.2 Å². The Morgan fingerprint density at radius 3 is 2.30 bits per heavy atom. The van der Waals surface area contributed by atoms with Gasteiger partial charge in [-0.25, -0.2) is 8.78 Å². The third-order valence-electron chi connectivity index (χ3n) is 4.27. The standard InChI is InChI=1S/C21H26F2N2O.ClH/c22-18-9-5-7-16(13-18)14-20(17-8-6-10-19(23)15-17)25-21(26)11-3-1-2-4-12-24;/h5-10,13,15,20H,1-4,11-12,14,24H2,(H,25,26);1H. The highest BCUT2D eigenvalue weighted by molar-refractivity contribution is 5.85. The number of halogens is 3. The summed E-state index contributed by atoms with van der Waals surface area (Å²) in [6.07, 6.45) is 4.55. The molecule has 0 aliphatic rings. The quantitative estimate of drug-likeness (QED) is 0.572. The van der Waals surface area contributed by atoms with E-state index in [1.807, 2.05) is 0 Å². The minimum absolute atomic E-state index is 0. The SMILES string of the molecule is Cl.NCCCCCCC(=O)NC(Cc1cccc(F)c1)c1cccc(F)c1. The molecule has 0 heterocycles. The Hall–Kier alpha value is -1.98. The highest BCUT2D eigenvalue weighted by Gasteiger charge is 2.16. The molecule has 2 aromatic carbocycles. The van der Waals surface area contributed by atoms with E-state index in [9.17, 15) is 13.6 Å². The van der Waals surface area contributed by atoms with Crippen LogP contribution in [-0.4, -0.2) is 12.5 Å². The van der Waals surface area contributed by atoms with Gasteiger partial charge in [-0.05, 0) is 61.2 Å². The zero-order valence-electron chi connectivity index (χ0n) is 15.3. The molecule has 3 N–H and O–H groups in total. The van der Waals surface area contributed by atoms with Crippen molar-refractivity contribution in [2.75, 3.05) is 6.54 Å². The van der Waals surface area contributed by atoms with Crippen molar-refractivity contribution in [1.82, 2.24) is 5.32 Å². The molecule has 6 heteroatoms. The van der Waals surface area contributed by atoms with Crippen LogP contribution in [0.3, 0.4) is 0 Å². The molecular formula is C21H27ClF2N2O. The van der Waals surface area contributed by atoms with Gasteiger partial charge in [0.15, 0.2) is 0 Å². The summed E-state index contributed by atoms with van der Waals surface area (Å²) in [7, 11) is 0. The number of carbonyl (C=O) groups excluding carboxylic acids is 1. The third kappa shape index (κ3) is 8.50. The molecule has 0 aromatic heterocycles. The Bertz CT molecular complexity index is 712. The number of benzene rings is 2. The van der Waals surface area contributed by atoms with Crippen molar-refractivity contribution in [3.63, 3.8) is 0 Å². The van der Waals surface area contributed by atoms with E-state index in [0.29, 0.717) is 24.9 Å². The van der Waals surface area contributed by atoms with Gasteiger partial charge < -0.3 is 11.1 Å². The Balaban J connectivity index is 0.00000364. The number of carbonyl (C=O) groups is 1. The van der Waals surface area contributed by atoms with Gasteiger partial charge in [-0.1, -0.05) is 37.1 Å². The average molecular weight is 397 g/mol. The number of nitrogens with one attached hydrogen (secondary N) is 1. The lowest BCUT2D eigenvalue weighted by Crippen LogP contribution is -2.29. The summed E-state index contributed by atoms with van der Waals surface area (Å²) in [5.41, 5.74) is 6.88. The third-order valence-corrected chi connectivity index (χ3v) is 4.27. The van der Waals surface area contributed by atoms with Gasteiger partial charge in [0.1, 0.15) is 11.6 Å². The highest BCUT2D eigenvalue weighted by atomic mass is 35.5. The summed E-state index contributed by atoms with van der Waals surface area (Å²) in [6.45, 7) is 0.668. The predicted octanol–water partition coefficient (Wildman–Crippen LogP) is 4.70. The van der Waals surface area contributed by atoms with Gasteiger partial charge in [0.25, 0.3) is 0 Å². The summed E-state index contributed by atoms with van der Waals surface area (Å²) < 4.78 is 27.1.